The van der Waals surface area contributed by atoms with Gasteiger partial charge in [0.2, 0.25) is 5.95 Å². The van der Waals surface area contributed by atoms with Crippen molar-refractivity contribution in [2.24, 2.45) is 0 Å². The number of hydrogen-bond donors (Lipinski definition) is 3. The summed E-state index contributed by atoms with van der Waals surface area (Å²) in [7, 11) is 1.63. The molecule has 1 amide bonds. The van der Waals surface area contributed by atoms with Crippen LogP contribution in [0, 0.1) is 0 Å². The van der Waals surface area contributed by atoms with Gasteiger partial charge in [-0.15, -0.1) is 0 Å². The summed E-state index contributed by atoms with van der Waals surface area (Å²) in [6.07, 6.45) is 3.54. The average molecular weight is 428 g/mol. The van der Waals surface area contributed by atoms with Crippen molar-refractivity contribution in [3.05, 3.63) is 72.6 Å². The Balaban J connectivity index is 1.46. The van der Waals surface area contributed by atoms with Crippen LogP contribution < -0.4 is 20.9 Å². The van der Waals surface area contributed by atoms with Crippen LogP contribution in [-0.2, 0) is 0 Å². The SMILES string of the molecule is CNC(=O)c1cn(-c2ccnc(Nc3cccc(N4CCNCC4)c3)n2)c2ccccc12. The van der Waals surface area contributed by atoms with E-state index in [0.29, 0.717) is 17.3 Å². The number of rotatable bonds is 5. The summed E-state index contributed by atoms with van der Waals surface area (Å²) < 4.78 is 1.92. The molecule has 1 saturated heterocycles. The topological polar surface area (TPSA) is 87.1 Å². The van der Waals surface area contributed by atoms with Gasteiger partial charge in [-0.3, -0.25) is 4.79 Å². The average Bonchev–Trinajstić information content (AvgIpc) is 3.24. The standard InChI is InChI=1S/C24H25N7O/c1-25-23(32)20-16-31(21-8-3-2-7-19(20)21)22-9-10-27-24(29-22)28-17-5-4-6-18(15-17)30-13-11-26-12-14-30/h2-10,15-16,26H,11-14H2,1H3,(H,25,32)(H,27,28,29). The summed E-state index contributed by atoms with van der Waals surface area (Å²) in [5.41, 5.74) is 3.64. The molecule has 8 nitrogen and oxygen atoms in total. The van der Waals surface area contributed by atoms with E-state index in [4.69, 9.17) is 4.98 Å². The van der Waals surface area contributed by atoms with Crippen molar-refractivity contribution in [3.8, 4) is 5.82 Å². The van der Waals surface area contributed by atoms with Gasteiger partial charge in [-0.05, 0) is 30.3 Å². The first kappa shape index (κ1) is 20.0. The quantitative estimate of drug-likeness (QED) is 0.454. The Bertz CT molecular complexity index is 1260. The Morgan fingerprint density at radius 3 is 2.75 bits per heavy atom. The second kappa shape index (κ2) is 8.68. The number of carbonyl (C=O) groups is 1. The minimum Gasteiger partial charge on any atom is -0.369 e. The zero-order valence-electron chi connectivity index (χ0n) is 17.9. The smallest absolute Gasteiger partial charge is 0.253 e. The lowest BCUT2D eigenvalue weighted by atomic mass is 10.2. The van der Waals surface area contributed by atoms with Crippen molar-refractivity contribution in [1.82, 2.24) is 25.2 Å². The van der Waals surface area contributed by atoms with Gasteiger partial charge < -0.3 is 25.4 Å². The van der Waals surface area contributed by atoms with Crippen molar-refractivity contribution in [2.75, 3.05) is 43.4 Å². The number of piperazine rings is 1. The van der Waals surface area contributed by atoms with E-state index in [1.54, 1.807) is 13.2 Å². The van der Waals surface area contributed by atoms with Crippen molar-refractivity contribution in [3.63, 3.8) is 0 Å². The van der Waals surface area contributed by atoms with Gasteiger partial charge in [-0.1, -0.05) is 24.3 Å². The van der Waals surface area contributed by atoms with Gasteiger partial charge in [0.05, 0.1) is 11.1 Å². The van der Waals surface area contributed by atoms with Crippen LogP contribution in [-0.4, -0.2) is 53.7 Å². The molecule has 0 unspecified atom stereocenters. The summed E-state index contributed by atoms with van der Waals surface area (Å²) in [4.78, 5) is 23.8. The number of aromatic nitrogens is 3. The van der Waals surface area contributed by atoms with E-state index < -0.39 is 0 Å². The van der Waals surface area contributed by atoms with E-state index in [1.165, 1.54) is 5.69 Å². The van der Waals surface area contributed by atoms with Gasteiger partial charge in [0.1, 0.15) is 5.82 Å². The van der Waals surface area contributed by atoms with Gasteiger partial charge in [-0.25, -0.2) is 4.98 Å². The molecule has 32 heavy (non-hydrogen) atoms. The highest BCUT2D eigenvalue weighted by Crippen LogP contribution is 2.26. The Hall–Kier alpha value is -3.91. The Labute approximate surface area is 186 Å². The molecule has 2 aromatic heterocycles. The summed E-state index contributed by atoms with van der Waals surface area (Å²) in [6, 6.07) is 17.9. The van der Waals surface area contributed by atoms with Crippen LogP contribution in [0.15, 0.2) is 67.0 Å². The van der Waals surface area contributed by atoms with Gasteiger partial charge in [-0.2, -0.15) is 4.98 Å². The van der Waals surface area contributed by atoms with Crippen LogP contribution >= 0.6 is 0 Å². The molecule has 0 saturated carbocycles. The van der Waals surface area contributed by atoms with Crippen molar-refractivity contribution in [2.45, 2.75) is 0 Å². The highest BCUT2D eigenvalue weighted by molar-refractivity contribution is 6.07. The first-order valence-electron chi connectivity index (χ1n) is 10.7. The third kappa shape index (κ3) is 3.88. The van der Waals surface area contributed by atoms with Crippen molar-refractivity contribution < 1.29 is 4.79 Å². The fourth-order valence-electron chi connectivity index (χ4n) is 4.06. The molecular formula is C24H25N7O. The maximum atomic E-state index is 12.4. The van der Waals surface area contributed by atoms with Gasteiger partial charge in [0, 0.05) is 62.4 Å². The molecule has 4 aromatic rings. The summed E-state index contributed by atoms with van der Waals surface area (Å²) in [6.45, 7) is 3.96. The predicted octanol–water partition coefficient (Wildman–Crippen LogP) is 2.93. The van der Waals surface area contributed by atoms with Crippen LogP contribution in [0.2, 0.25) is 0 Å². The number of carbonyl (C=O) groups excluding carboxylic acids is 1. The molecule has 1 aliphatic heterocycles. The van der Waals surface area contributed by atoms with Crippen molar-refractivity contribution >= 4 is 34.1 Å². The van der Waals surface area contributed by atoms with E-state index in [1.807, 2.05) is 53.2 Å². The molecule has 0 radical (unpaired) electrons. The lowest BCUT2D eigenvalue weighted by Crippen LogP contribution is -2.43. The number of fused-ring (bicyclic) bond motifs is 1. The molecule has 5 rings (SSSR count). The van der Waals surface area contributed by atoms with E-state index in [-0.39, 0.29) is 5.91 Å². The molecule has 1 aliphatic rings. The molecule has 2 aromatic carbocycles. The molecule has 162 valence electrons. The third-order valence-corrected chi connectivity index (χ3v) is 5.66. The number of para-hydroxylation sites is 1. The zero-order chi connectivity index (χ0) is 21.9. The van der Waals surface area contributed by atoms with E-state index in [2.05, 4.69) is 38.0 Å². The first-order valence-corrected chi connectivity index (χ1v) is 10.7. The van der Waals surface area contributed by atoms with Crippen LogP contribution in [0.5, 0.6) is 0 Å². The Kier molecular flexibility index (Phi) is 5.43. The monoisotopic (exact) mass is 427 g/mol. The molecule has 0 bridgehead atoms. The maximum absolute atomic E-state index is 12.4. The fraction of sp³-hybridized carbons (Fsp3) is 0.208. The minimum absolute atomic E-state index is 0.128. The van der Waals surface area contributed by atoms with E-state index in [9.17, 15) is 4.79 Å². The first-order chi connectivity index (χ1) is 15.7. The molecule has 8 heteroatoms. The van der Waals surface area contributed by atoms with Gasteiger partial charge in [0.15, 0.2) is 0 Å². The Morgan fingerprint density at radius 2 is 1.91 bits per heavy atom. The highest BCUT2D eigenvalue weighted by atomic mass is 16.1. The highest BCUT2D eigenvalue weighted by Gasteiger charge is 2.16. The fourth-order valence-corrected chi connectivity index (χ4v) is 4.06. The minimum atomic E-state index is -0.128. The van der Waals surface area contributed by atoms with Crippen LogP contribution in [0.1, 0.15) is 10.4 Å². The maximum Gasteiger partial charge on any atom is 0.253 e. The summed E-state index contributed by atoms with van der Waals surface area (Å²) in [5, 5.41) is 10.3. The largest absolute Gasteiger partial charge is 0.369 e. The molecule has 3 heterocycles. The van der Waals surface area contributed by atoms with Gasteiger partial charge >= 0.3 is 0 Å². The molecular weight excluding hydrogens is 402 g/mol. The van der Waals surface area contributed by atoms with Crippen LogP contribution in [0.4, 0.5) is 17.3 Å². The second-order valence-corrected chi connectivity index (χ2v) is 7.66. The van der Waals surface area contributed by atoms with Crippen LogP contribution in [0.3, 0.4) is 0 Å². The third-order valence-electron chi connectivity index (χ3n) is 5.66. The summed E-state index contributed by atoms with van der Waals surface area (Å²) >= 11 is 0. The summed E-state index contributed by atoms with van der Waals surface area (Å²) in [5.74, 6) is 1.06. The van der Waals surface area contributed by atoms with Gasteiger partial charge in [0.25, 0.3) is 5.91 Å². The Morgan fingerprint density at radius 1 is 1.06 bits per heavy atom. The van der Waals surface area contributed by atoms with E-state index >= 15 is 0 Å². The number of nitrogens with one attached hydrogen (secondary N) is 3. The van der Waals surface area contributed by atoms with Crippen LogP contribution in [0.25, 0.3) is 16.7 Å². The molecule has 1 fully saturated rings. The number of hydrogen-bond acceptors (Lipinski definition) is 6. The number of anilines is 3. The second-order valence-electron chi connectivity index (χ2n) is 7.66. The lowest BCUT2D eigenvalue weighted by molar-refractivity contribution is 0.0964. The number of nitrogens with zero attached hydrogens (tertiary/aromatic N) is 4. The lowest BCUT2D eigenvalue weighted by Gasteiger charge is -2.29. The predicted molar refractivity (Wildman–Crippen MR) is 127 cm³/mol. The molecule has 3 N–H and O–H groups in total. The zero-order valence-corrected chi connectivity index (χ0v) is 17.9. The molecule has 0 aliphatic carbocycles. The number of benzene rings is 2. The number of amides is 1. The van der Waals surface area contributed by atoms with Crippen molar-refractivity contribution in [1.29, 1.82) is 0 Å². The van der Waals surface area contributed by atoms with E-state index in [0.717, 1.165) is 42.8 Å². The molecule has 0 atom stereocenters. The molecule has 0 spiro atoms. The normalized spacial score (nSPS) is 13.8.